The van der Waals surface area contributed by atoms with Gasteiger partial charge in [0.1, 0.15) is 0 Å². The standard InChI is InChI=1S/C21H19F3N2O4/c22-21(23,24)16-7-4-8-17(10-16)25-18(27)13-30-20(29)15-9-19(28)26(12-15)11-14-5-2-1-3-6-14/h1-8,10,15H,9,11-13H2,(H,25,27). The van der Waals surface area contributed by atoms with Gasteiger partial charge in [0.25, 0.3) is 5.91 Å². The molecule has 0 saturated carbocycles. The normalized spacial score (nSPS) is 16.4. The number of alkyl halides is 3. The fraction of sp³-hybridized carbons (Fsp3) is 0.286. The van der Waals surface area contributed by atoms with Crippen molar-refractivity contribution in [3.8, 4) is 0 Å². The van der Waals surface area contributed by atoms with E-state index in [1.165, 1.54) is 6.07 Å². The number of carbonyl (C=O) groups is 3. The lowest BCUT2D eigenvalue weighted by Gasteiger charge is -2.16. The van der Waals surface area contributed by atoms with E-state index in [9.17, 15) is 27.6 Å². The molecule has 2 aromatic rings. The summed E-state index contributed by atoms with van der Waals surface area (Å²) >= 11 is 0. The molecular weight excluding hydrogens is 401 g/mol. The highest BCUT2D eigenvalue weighted by Gasteiger charge is 2.35. The van der Waals surface area contributed by atoms with Crippen molar-refractivity contribution in [2.24, 2.45) is 5.92 Å². The molecule has 1 unspecified atom stereocenters. The third-order valence-corrected chi connectivity index (χ3v) is 4.58. The van der Waals surface area contributed by atoms with Crippen molar-refractivity contribution in [3.63, 3.8) is 0 Å². The second-order valence-corrected chi connectivity index (χ2v) is 6.90. The summed E-state index contributed by atoms with van der Waals surface area (Å²) in [4.78, 5) is 37.8. The predicted octanol–water partition coefficient (Wildman–Crippen LogP) is 3.24. The number of rotatable bonds is 6. The summed E-state index contributed by atoms with van der Waals surface area (Å²) in [6.45, 7) is -0.0975. The van der Waals surface area contributed by atoms with Crippen LogP contribution in [0.4, 0.5) is 18.9 Å². The van der Waals surface area contributed by atoms with Crippen LogP contribution in [0.25, 0.3) is 0 Å². The Morgan fingerprint density at radius 1 is 1.10 bits per heavy atom. The Hall–Kier alpha value is -3.36. The number of halogens is 3. The number of amides is 2. The lowest BCUT2D eigenvalue weighted by molar-refractivity contribution is -0.151. The molecule has 0 spiro atoms. The molecule has 1 heterocycles. The van der Waals surface area contributed by atoms with Crippen LogP contribution in [0.5, 0.6) is 0 Å². The highest BCUT2D eigenvalue weighted by atomic mass is 19.4. The quantitative estimate of drug-likeness (QED) is 0.728. The van der Waals surface area contributed by atoms with E-state index in [0.717, 1.165) is 23.8 Å². The van der Waals surface area contributed by atoms with Gasteiger partial charge in [-0.2, -0.15) is 13.2 Å². The minimum Gasteiger partial charge on any atom is -0.455 e. The number of ether oxygens (including phenoxy) is 1. The van der Waals surface area contributed by atoms with Gasteiger partial charge in [-0.1, -0.05) is 36.4 Å². The van der Waals surface area contributed by atoms with Crippen LogP contribution in [0.2, 0.25) is 0 Å². The number of hydrogen-bond donors (Lipinski definition) is 1. The molecule has 0 aliphatic carbocycles. The van der Waals surface area contributed by atoms with Gasteiger partial charge in [0.2, 0.25) is 5.91 Å². The summed E-state index contributed by atoms with van der Waals surface area (Å²) in [5.41, 5.74) is -0.0310. The van der Waals surface area contributed by atoms with E-state index in [0.29, 0.717) is 6.54 Å². The Morgan fingerprint density at radius 3 is 2.53 bits per heavy atom. The first kappa shape index (κ1) is 21.4. The number of esters is 1. The van der Waals surface area contributed by atoms with E-state index in [4.69, 9.17) is 4.74 Å². The Bertz CT molecular complexity index is 931. The zero-order chi connectivity index (χ0) is 21.7. The summed E-state index contributed by atoms with van der Waals surface area (Å²) in [6, 6.07) is 13.4. The summed E-state index contributed by atoms with van der Waals surface area (Å²) < 4.78 is 43.1. The average Bonchev–Trinajstić information content (AvgIpc) is 3.07. The molecule has 158 valence electrons. The molecule has 1 aliphatic heterocycles. The Balaban J connectivity index is 1.48. The molecule has 30 heavy (non-hydrogen) atoms. The van der Waals surface area contributed by atoms with E-state index in [2.05, 4.69) is 5.32 Å². The van der Waals surface area contributed by atoms with E-state index >= 15 is 0 Å². The largest absolute Gasteiger partial charge is 0.455 e. The van der Waals surface area contributed by atoms with Gasteiger partial charge in [-0.15, -0.1) is 0 Å². The minimum absolute atomic E-state index is 0.0130. The Morgan fingerprint density at radius 2 is 1.83 bits per heavy atom. The minimum atomic E-state index is -4.53. The molecule has 3 rings (SSSR count). The van der Waals surface area contributed by atoms with Crippen LogP contribution in [0.15, 0.2) is 54.6 Å². The van der Waals surface area contributed by atoms with Crippen molar-refractivity contribution in [2.45, 2.75) is 19.1 Å². The highest BCUT2D eigenvalue weighted by molar-refractivity contribution is 5.93. The molecule has 2 aromatic carbocycles. The van der Waals surface area contributed by atoms with Gasteiger partial charge in [0.05, 0.1) is 11.5 Å². The average molecular weight is 420 g/mol. The molecule has 2 amide bonds. The first-order chi connectivity index (χ1) is 14.2. The molecule has 1 fully saturated rings. The van der Waals surface area contributed by atoms with Crippen LogP contribution in [-0.2, 0) is 31.8 Å². The summed E-state index contributed by atoms with van der Waals surface area (Å²) in [7, 11) is 0. The maximum Gasteiger partial charge on any atom is 0.416 e. The number of likely N-dealkylation sites (tertiary alicyclic amines) is 1. The van der Waals surface area contributed by atoms with Crippen molar-refractivity contribution in [1.29, 1.82) is 0 Å². The summed E-state index contributed by atoms with van der Waals surface area (Å²) in [6.07, 6.45) is -4.55. The van der Waals surface area contributed by atoms with Crippen molar-refractivity contribution in [3.05, 3.63) is 65.7 Å². The molecule has 0 aromatic heterocycles. The van der Waals surface area contributed by atoms with Crippen LogP contribution in [0.3, 0.4) is 0 Å². The van der Waals surface area contributed by atoms with Gasteiger partial charge >= 0.3 is 12.1 Å². The van der Waals surface area contributed by atoms with E-state index in [-0.39, 0.29) is 24.6 Å². The molecule has 9 heteroatoms. The second kappa shape index (κ2) is 8.98. The first-order valence-electron chi connectivity index (χ1n) is 9.18. The number of nitrogens with zero attached hydrogens (tertiary/aromatic N) is 1. The zero-order valence-electron chi connectivity index (χ0n) is 15.8. The predicted molar refractivity (Wildman–Crippen MR) is 101 cm³/mol. The molecular formula is C21H19F3N2O4. The van der Waals surface area contributed by atoms with Crippen molar-refractivity contribution < 1.29 is 32.3 Å². The van der Waals surface area contributed by atoms with E-state index in [1.807, 2.05) is 30.3 Å². The van der Waals surface area contributed by atoms with E-state index in [1.54, 1.807) is 4.90 Å². The summed E-state index contributed by atoms with van der Waals surface area (Å²) in [5.74, 6) is -2.34. The van der Waals surface area contributed by atoms with Gasteiger partial charge in [0.15, 0.2) is 6.61 Å². The number of hydrogen-bond acceptors (Lipinski definition) is 4. The first-order valence-corrected chi connectivity index (χ1v) is 9.18. The number of carbonyl (C=O) groups excluding carboxylic acids is 3. The lowest BCUT2D eigenvalue weighted by Crippen LogP contribution is -2.28. The van der Waals surface area contributed by atoms with Gasteiger partial charge in [-0.05, 0) is 23.8 Å². The molecule has 0 bridgehead atoms. The van der Waals surface area contributed by atoms with Crippen molar-refractivity contribution in [2.75, 3.05) is 18.5 Å². The fourth-order valence-electron chi connectivity index (χ4n) is 3.11. The van der Waals surface area contributed by atoms with Gasteiger partial charge < -0.3 is 15.0 Å². The molecule has 1 saturated heterocycles. The molecule has 1 atom stereocenters. The fourth-order valence-corrected chi connectivity index (χ4v) is 3.11. The maximum atomic E-state index is 12.7. The van der Waals surface area contributed by atoms with Crippen LogP contribution >= 0.6 is 0 Å². The molecule has 1 aliphatic rings. The summed E-state index contributed by atoms with van der Waals surface area (Å²) in [5, 5.41) is 2.26. The number of anilines is 1. The number of benzene rings is 2. The second-order valence-electron chi connectivity index (χ2n) is 6.90. The van der Waals surface area contributed by atoms with Crippen LogP contribution in [-0.4, -0.2) is 35.8 Å². The molecule has 6 nitrogen and oxygen atoms in total. The van der Waals surface area contributed by atoms with Crippen molar-refractivity contribution in [1.82, 2.24) is 4.90 Å². The van der Waals surface area contributed by atoms with Crippen LogP contribution in [0.1, 0.15) is 17.5 Å². The third-order valence-electron chi connectivity index (χ3n) is 4.58. The van der Waals surface area contributed by atoms with Crippen LogP contribution in [0, 0.1) is 5.92 Å². The number of nitrogens with one attached hydrogen (secondary N) is 1. The van der Waals surface area contributed by atoms with Crippen LogP contribution < -0.4 is 5.32 Å². The SMILES string of the molecule is O=C(COC(=O)C1CC(=O)N(Cc2ccccc2)C1)Nc1cccc(C(F)(F)F)c1. The smallest absolute Gasteiger partial charge is 0.416 e. The van der Waals surface area contributed by atoms with Gasteiger partial charge in [-0.25, -0.2) is 0 Å². The van der Waals surface area contributed by atoms with Gasteiger partial charge in [0, 0.05) is 25.2 Å². The monoisotopic (exact) mass is 420 g/mol. The van der Waals surface area contributed by atoms with Gasteiger partial charge in [-0.3, -0.25) is 14.4 Å². The van der Waals surface area contributed by atoms with E-state index < -0.39 is 36.1 Å². The Labute approximate surface area is 170 Å². The molecule has 0 radical (unpaired) electrons. The Kier molecular flexibility index (Phi) is 6.39. The topological polar surface area (TPSA) is 75.7 Å². The zero-order valence-corrected chi connectivity index (χ0v) is 15.8. The highest BCUT2D eigenvalue weighted by Crippen LogP contribution is 2.30. The third kappa shape index (κ3) is 5.59. The molecule has 1 N–H and O–H groups in total. The lowest BCUT2D eigenvalue weighted by atomic mass is 10.1. The van der Waals surface area contributed by atoms with Crippen molar-refractivity contribution >= 4 is 23.5 Å². The maximum absolute atomic E-state index is 12.7.